The van der Waals surface area contributed by atoms with Crippen LogP contribution in [0.2, 0.25) is 0 Å². The van der Waals surface area contributed by atoms with Crippen molar-refractivity contribution in [2.24, 2.45) is 7.05 Å². The van der Waals surface area contributed by atoms with Crippen molar-refractivity contribution < 1.29 is 9.90 Å². The molecular weight excluding hydrogens is 220 g/mol. The smallest absolute Gasteiger partial charge is 0.305 e. The lowest BCUT2D eigenvalue weighted by atomic mass is 9.86. The number of carboxylic acids is 1. The summed E-state index contributed by atoms with van der Waals surface area (Å²) in [6.45, 7) is 2.19. The second-order valence-electron chi connectivity index (χ2n) is 4.78. The van der Waals surface area contributed by atoms with Crippen LogP contribution in [0.5, 0.6) is 0 Å². The summed E-state index contributed by atoms with van der Waals surface area (Å²) >= 11 is 0. The number of likely N-dealkylation sites (N-methyl/N-ethyl adjacent to an activating group) is 1. The minimum absolute atomic E-state index is 0.177. The molecule has 6 nitrogen and oxygen atoms in total. The maximum Gasteiger partial charge on any atom is 0.305 e. The third kappa shape index (κ3) is 2.48. The Kier molecular flexibility index (Phi) is 3.17. The van der Waals surface area contributed by atoms with Crippen LogP contribution in [0.1, 0.15) is 12.0 Å². The van der Waals surface area contributed by atoms with Gasteiger partial charge in [0.05, 0.1) is 18.2 Å². The summed E-state index contributed by atoms with van der Waals surface area (Å²) < 4.78 is 1.76. The average molecular weight is 238 g/mol. The molecule has 0 amide bonds. The van der Waals surface area contributed by atoms with Crippen LogP contribution in [0.15, 0.2) is 12.4 Å². The molecule has 2 heterocycles. The monoisotopic (exact) mass is 238 g/mol. The molecule has 0 spiro atoms. The van der Waals surface area contributed by atoms with Gasteiger partial charge in [-0.05, 0) is 7.05 Å². The summed E-state index contributed by atoms with van der Waals surface area (Å²) in [5, 5.41) is 16.2. The Hall–Kier alpha value is -1.40. The van der Waals surface area contributed by atoms with Gasteiger partial charge in [0.1, 0.15) is 0 Å². The molecule has 94 valence electrons. The van der Waals surface area contributed by atoms with E-state index < -0.39 is 5.97 Å². The van der Waals surface area contributed by atoms with Crippen LogP contribution in [-0.4, -0.2) is 51.4 Å². The first-order valence-corrected chi connectivity index (χ1v) is 5.63. The molecule has 0 bridgehead atoms. The van der Waals surface area contributed by atoms with Gasteiger partial charge in [0, 0.05) is 38.4 Å². The zero-order valence-electron chi connectivity index (χ0n) is 10.2. The Balaban J connectivity index is 2.02. The first kappa shape index (κ1) is 12.1. The number of carbonyl (C=O) groups is 1. The largest absolute Gasteiger partial charge is 0.481 e. The van der Waals surface area contributed by atoms with Crippen molar-refractivity contribution in [3.63, 3.8) is 0 Å². The maximum atomic E-state index is 10.9. The van der Waals surface area contributed by atoms with E-state index in [4.69, 9.17) is 5.11 Å². The van der Waals surface area contributed by atoms with E-state index in [-0.39, 0.29) is 12.0 Å². The second kappa shape index (κ2) is 4.46. The molecule has 0 saturated carbocycles. The van der Waals surface area contributed by atoms with Crippen LogP contribution in [0.25, 0.3) is 0 Å². The maximum absolute atomic E-state index is 10.9. The number of aliphatic carboxylic acids is 1. The lowest BCUT2D eigenvalue weighted by Crippen LogP contribution is -2.68. The van der Waals surface area contributed by atoms with Gasteiger partial charge in [-0.3, -0.25) is 14.4 Å². The van der Waals surface area contributed by atoms with Crippen molar-refractivity contribution in [3.05, 3.63) is 18.0 Å². The van der Waals surface area contributed by atoms with Gasteiger partial charge in [0.15, 0.2) is 0 Å². The molecular formula is C11H18N4O2. The first-order chi connectivity index (χ1) is 8.02. The van der Waals surface area contributed by atoms with Crippen LogP contribution in [0.4, 0.5) is 0 Å². The molecule has 6 heteroatoms. The summed E-state index contributed by atoms with van der Waals surface area (Å²) in [5.74, 6) is -0.746. The van der Waals surface area contributed by atoms with E-state index in [1.165, 1.54) is 0 Å². The zero-order chi connectivity index (χ0) is 12.5. The molecule has 0 aromatic carbocycles. The molecule has 1 fully saturated rings. The van der Waals surface area contributed by atoms with Crippen LogP contribution in [0, 0.1) is 0 Å². The van der Waals surface area contributed by atoms with Crippen LogP contribution in [-0.2, 0) is 18.4 Å². The second-order valence-corrected chi connectivity index (χ2v) is 4.78. The number of nitrogens with one attached hydrogen (secondary N) is 1. The summed E-state index contributed by atoms with van der Waals surface area (Å²) in [6.07, 6.45) is 3.95. The zero-order valence-corrected chi connectivity index (χ0v) is 10.2. The molecule has 0 aliphatic carbocycles. The number of carboxylic acid groups (broad SMARTS) is 1. The Morgan fingerprint density at radius 2 is 2.41 bits per heavy atom. The molecule has 1 aromatic heterocycles. The SMILES string of the molecule is CN(Cc1cnn(C)c1)C1(CC(=O)O)CNC1. The third-order valence-corrected chi connectivity index (χ3v) is 3.38. The van der Waals surface area contributed by atoms with Crippen molar-refractivity contribution in [1.82, 2.24) is 20.0 Å². The van der Waals surface area contributed by atoms with Crippen LogP contribution in [0.3, 0.4) is 0 Å². The fraction of sp³-hybridized carbons (Fsp3) is 0.636. The topological polar surface area (TPSA) is 70.4 Å². The van der Waals surface area contributed by atoms with E-state index in [2.05, 4.69) is 15.3 Å². The number of nitrogens with zero attached hydrogens (tertiary/aromatic N) is 3. The molecule has 2 rings (SSSR count). The standard InChI is InChI=1S/C11H18N4O2/c1-14(5-9-4-13-15(2)6-9)11(3-10(16)17)7-12-8-11/h4,6,12H,3,5,7-8H2,1-2H3,(H,16,17). The lowest BCUT2D eigenvalue weighted by Gasteiger charge is -2.48. The van der Waals surface area contributed by atoms with Gasteiger partial charge in [-0.15, -0.1) is 0 Å². The highest BCUT2D eigenvalue weighted by atomic mass is 16.4. The minimum Gasteiger partial charge on any atom is -0.481 e. The van der Waals surface area contributed by atoms with Crippen molar-refractivity contribution in [3.8, 4) is 0 Å². The van der Waals surface area contributed by atoms with Gasteiger partial charge in [-0.1, -0.05) is 0 Å². The van der Waals surface area contributed by atoms with Gasteiger partial charge in [-0.2, -0.15) is 5.10 Å². The average Bonchev–Trinajstić information content (AvgIpc) is 2.57. The van der Waals surface area contributed by atoms with E-state index >= 15 is 0 Å². The Morgan fingerprint density at radius 1 is 1.71 bits per heavy atom. The van der Waals surface area contributed by atoms with Crippen LogP contribution >= 0.6 is 0 Å². The molecule has 17 heavy (non-hydrogen) atoms. The van der Waals surface area contributed by atoms with E-state index in [1.807, 2.05) is 26.5 Å². The molecule has 0 radical (unpaired) electrons. The van der Waals surface area contributed by atoms with Crippen molar-refractivity contribution in [2.75, 3.05) is 20.1 Å². The minimum atomic E-state index is -0.746. The van der Waals surface area contributed by atoms with Crippen molar-refractivity contribution >= 4 is 5.97 Å². The predicted molar refractivity (Wildman–Crippen MR) is 62.5 cm³/mol. The fourth-order valence-electron chi connectivity index (χ4n) is 2.22. The molecule has 1 aromatic rings. The predicted octanol–water partition coefficient (Wildman–Crippen LogP) is -0.331. The van der Waals surface area contributed by atoms with Crippen molar-refractivity contribution in [1.29, 1.82) is 0 Å². The summed E-state index contributed by atoms with van der Waals surface area (Å²) in [4.78, 5) is 13.0. The highest BCUT2D eigenvalue weighted by Crippen LogP contribution is 2.25. The molecule has 1 saturated heterocycles. The molecule has 0 unspecified atom stereocenters. The Morgan fingerprint density at radius 3 is 2.82 bits per heavy atom. The summed E-state index contributed by atoms with van der Waals surface area (Å²) in [5.41, 5.74) is 0.855. The lowest BCUT2D eigenvalue weighted by molar-refractivity contribution is -0.141. The fourth-order valence-corrected chi connectivity index (χ4v) is 2.22. The third-order valence-electron chi connectivity index (χ3n) is 3.38. The first-order valence-electron chi connectivity index (χ1n) is 5.63. The van der Waals surface area contributed by atoms with Gasteiger partial charge in [0.25, 0.3) is 0 Å². The molecule has 2 N–H and O–H groups in total. The van der Waals surface area contributed by atoms with Crippen molar-refractivity contribution in [2.45, 2.75) is 18.5 Å². The number of hydrogen-bond donors (Lipinski definition) is 2. The van der Waals surface area contributed by atoms with Gasteiger partial charge in [0.2, 0.25) is 0 Å². The molecule has 1 aliphatic rings. The normalized spacial score (nSPS) is 18.1. The Bertz CT molecular complexity index is 411. The van der Waals surface area contributed by atoms with E-state index in [1.54, 1.807) is 4.68 Å². The highest BCUT2D eigenvalue weighted by Gasteiger charge is 2.42. The number of aryl methyl sites for hydroxylation is 1. The van der Waals surface area contributed by atoms with Gasteiger partial charge >= 0.3 is 5.97 Å². The van der Waals surface area contributed by atoms with E-state index in [9.17, 15) is 4.79 Å². The van der Waals surface area contributed by atoms with Crippen LogP contribution < -0.4 is 5.32 Å². The number of hydrogen-bond acceptors (Lipinski definition) is 4. The number of rotatable bonds is 5. The van der Waals surface area contributed by atoms with E-state index in [0.29, 0.717) is 0 Å². The summed E-state index contributed by atoms with van der Waals surface area (Å²) in [7, 11) is 3.85. The highest BCUT2D eigenvalue weighted by molar-refractivity contribution is 5.68. The van der Waals surface area contributed by atoms with Gasteiger partial charge < -0.3 is 10.4 Å². The van der Waals surface area contributed by atoms with E-state index in [0.717, 1.165) is 25.2 Å². The van der Waals surface area contributed by atoms with Gasteiger partial charge in [-0.25, -0.2) is 0 Å². The number of aromatic nitrogens is 2. The Labute approximate surface area is 100 Å². The summed E-state index contributed by atoms with van der Waals surface area (Å²) in [6, 6.07) is 0. The molecule has 0 atom stereocenters. The molecule has 1 aliphatic heterocycles. The quantitative estimate of drug-likeness (QED) is 0.735.